The fourth-order valence-electron chi connectivity index (χ4n) is 7.87. The number of aliphatic hydroxyl groups excluding tert-OH is 8. The van der Waals surface area contributed by atoms with Gasteiger partial charge in [0.1, 0.15) is 67.6 Å². The fraction of sp³-hybridized carbons (Fsp3) is 0.913. The molecule has 2 fully saturated rings. The van der Waals surface area contributed by atoms with Gasteiger partial charge >= 0.3 is 19.8 Å². The normalized spacial score (nSPS) is 28.6. The van der Waals surface area contributed by atoms with Gasteiger partial charge in [0.05, 0.1) is 13.2 Å². The standard InChI is InChI=1S/C46H85O18P/c1-3-5-7-9-11-13-15-17-19-21-23-25-27-29-36(49)61-33(31-59-35(48)28-26-24-22-20-18-16-14-12-10-8-6-4-2)32-60-65(57,58)64-45-42(55)40(53)39(52)41(54)44(45)63-46-43(56)38(51)37(50)34(30-47)62-46/h17,19,33-34,37-47,50-56H,3-16,18,20-32H2,1-2H3,(H,57,58)/b19-17-. The molecule has 2 aliphatic rings. The number of ether oxygens (including phenoxy) is 4. The summed E-state index contributed by atoms with van der Waals surface area (Å²) in [5, 5.41) is 82.8. The number of rotatable bonds is 37. The number of hydrogen-bond acceptors (Lipinski definition) is 17. The third kappa shape index (κ3) is 24.0. The monoisotopic (exact) mass is 957 g/mol. The highest BCUT2D eigenvalue weighted by Crippen LogP contribution is 2.48. The van der Waals surface area contributed by atoms with Crippen molar-refractivity contribution in [3.8, 4) is 0 Å². The maximum Gasteiger partial charge on any atom is 0.472 e. The van der Waals surface area contributed by atoms with Gasteiger partial charge < -0.3 is 64.7 Å². The van der Waals surface area contributed by atoms with Gasteiger partial charge in [-0.15, -0.1) is 0 Å². The highest BCUT2D eigenvalue weighted by atomic mass is 31.2. The summed E-state index contributed by atoms with van der Waals surface area (Å²) in [4.78, 5) is 36.4. The summed E-state index contributed by atoms with van der Waals surface area (Å²) in [6, 6.07) is 0. The van der Waals surface area contributed by atoms with E-state index in [0.29, 0.717) is 12.8 Å². The lowest BCUT2D eigenvalue weighted by Gasteiger charge is -2.47. The van der Waals surface area contributed by atoms with Crippen LogP contribution in [0.3, 0.4) is 0 Å². The van der Waals surface area contributed by atoms with Crippen LogP contribution in [0.5, 0.6) is 0 Å². The zero-order valence-corrected chi connectivity index (χ0v) is 39.9. The average molecular weight is 957 g/mol. The Balaban J connectivity index is 1.98. The SMILES string of the molecule is CCCCCCCC/C=C\CCCCCC(=O)OC(COC(=O)CCCCCCCCCCCCCC)COP(=O)(O)OC1C(O)C(O)C(O)C(O)C1OC1OC(CO)C(O)C(O)C1O. The molecule has 65 heavy (non-hydrogen) atoms. The quantitative estimate of drug-likeness (QED) is 0.0173. The van der Waals surface area contributed by atoms with Gasteiger partial charge in [0.25, 0.3) is 0 Å². The van der Waals surface area contributed by atoms with E-state index >= 15 is 0 Å². The lowest BCUT2D eigenvalue weighted by Crippen LogP contribution is -2.67. The number of phosphoric ester groups is 1. The molecule has 1 aliphatic heterocycles. The molecule has 1 saturated carbocycles. The second-order valence-electron chi connectivity index (χ2n) is 17.7. The van der Waals surface area contributed by atoms with Crippen molar-refractivity contribution in [1.29, 1.82) is 0 Å². The van der Waals surface area contributed by atoms with Crippen LogP contribution in [0.1, 0.15) is 174 Å². The molecule has 13 atom stereocenters. The van der Waals surface area contributed by atoms with Gasteiger partial charge in [0.15, 0.2) is 12.4 Å². The molecule has 2 rings (SSSR count). The third-order valence-electron chi connectivity index (χ3n) is 12.0. The van der Waals surface area contributed by atoms with Crippen molar-refractivity contribution in [1.82, 2.24) is 0 Å². The van der Waals surface area contributed by atoms with Crippen molar-refractivity contribution in [2.24, 2.45) is 0 Å². The van der Waals surface area contributed by atoms with E-state index in [2.05, 4.69) is 26.0 Å². The maximum absolute atomic E-state index is 13.4. The number of unbranched alkanes of at least 4 members (excludes halogenated alkanes) is 20. The van der Waals surface area contributed by atoms with E-state index in [1.807, 2.05) is 0 Å². The molecular weight excluding hydrogens is 871 g/mol. The van der Waals surface area contributed by atoms with Gasteiger partial charge in [-0.3, -0.25) is 18.6 Å². The summed E-state index contributed by atoms with van der Waals surface area (Å²) < 4.78 is 45.3. The Morgan fingerprint density at radius 1 is 0.569 bits per heavy atom. The molecule has 382 valence electrons. The maximum atomic E-state index is 13.4. The molecule has 1 aliphatic carbocycles. The molecule has 19 heteroatoms. The number of allylic oxidation sites excluding steroid dienone is 2. The minimum Gasteiger partial charge on any atom is -0.462 e. The van der Waals surface area contributed by atoms with E-state index < -0.39 is 113 Å². The molecular formula is C46H85O18P. The smallest absolute Gasteiger partial charge is 0.462 e. The molecule has 18 nitrogen and oxygen atoms in total. The van der Waals surface area contributed by atoms with Crippen molar-refractivity contribution in [2.75, 3.05) is 19.8 Å². The highest BCUT2D eigenvalue weighted by molar-refractivity contribution is 7.47. The Bertz CT molecular complexity index is 1320. The lowest BCUT2D eigenvalue weighted by atomic mass is 9.84. The Labute approximate surface area is 386 Å². The Morgan fingerprint density at radius 3 is 1.54 bits per heavy atom. The molecule has 0 aromatic heterocycles. The van der Waals surface area contributed by atoms with E-state index in [1.54, 1.807) is 0 Å². The molecule has 0 aromatic rings. The molecule has 13 unspecified atom stereocenters. The van der Waals surface area contributed by atoms with Gasteiger partial charge in [-0.25, -0.2) is 4.57 Å². The summed E-state index contributed by atoms with van der Waals surface area (Å²) in [6.45, 7) is 2.19. The van der Waals surface area contributed by atoms with Crippen LogP contribution < -0.4 is 0 Å². The van der Waals surface area contributed by atoms with Crippen LogP contribution in [0.4, 0.5) is 0 Å². The minimum atomic E-state index is -5.37. The van der Waals surface area contributed by atoms with Crippen LogP contribution in [0.2, 0.25) is 0 Å². The summed E-state index contributed by atoms with van der Waals surface area (Å²) in [7, 11) is -5.37. The van der Waals surface area contributed by atoms with Gasteiger partial charge in [0.2, 0.25) is 0 Å². The summed E-state index contributed by atoms with van der Waals surface area (Å²) in [5.41, 5.74) is 0. The topological polar surface area (TPSA) is 289 Å². The number of carbonyl (C=O) groups is 2. The van der Waals surface area contributed by atoms with Crippen molar-refractivity contribution >= 4 is 19.8 Å². The van der Waals surface area contributed by atoms with Crippen LogP contribution in [0, 0.1) is 0 Å². The van der Waals surface area contributed by atoms with Crippen molar-refractivity contribution in [3.63, 3.8) is 0 Å². The number of aliphatic hydroxyl groups is 8. The number of esters is 2. The van der Waals surface area contributed by atoms with E-state index in [1.165, 1.54) is 83.5 Å². The molecule has 1 heterocycles. The van der Waals surface area contributed by atoms with E-state index in [0.717, 1.165) is 51.4 Å². The summed E-state index contributed by atoms with van der Waals surface area (Å²) >= 11 is 0. The minimum absolute atomic E-state index is 0.0153. The van der Waals surface area contributed by atoms with Crippen LogP contribution in [-0.4, -0.2) is 151 Å². The summed E-state index contributed by atoms with van der Waals surface area (Å²) in [6.07, 6.45) is 5.96. The molecule has 0 radical (unpaired) electrons. The number of phosphoric acid groups is 1. The molecule has 1 saturated heterocycles. The predicted octanol–water partition coefficient (Wildman–Crippen LogP) is 4.93. The van der Waals surface area contributed by atoms with E-state index in [9.17, 15) is 59.9 Å². The van der Waals surface area contributed by atoms with Gasteiger partial charge in [0, 0.05) is 12.8 Å². The fourth-order valence-corrected chi connectivity index (χ4v) is 8.84. The zero-order chi connectivity index (χ0) is 48.0. The third-order valence-corrected chi connectivity index (χ3v) is 13.0. The first-order valence-electron chi connectivity index (χ1n) is 24.5. The predicted molar refractivity (Wildman–Crippen MR) is 240 cm³/mol. The van der Waals surface area contributed by atoms with Crippen LogP contribution in [0.15, 0.2) is 12.2 Å². The van der Waals surface area contributed by atoms with E-state index in [4.69, 9.17) is 28.0 Å². The Hall–Kier alpha value is -1.61. The molecule has 0 spiro atoms. The zero-order valence-electron chi connectivity index (χ0n) is 39.0. The first-order valence-corrected chi connectivity index (χ1v) is 26.0. The van der Waals surface area contributed by atoms with Gasteiger partial charge in [-0.05, 0) is 38.5 Å². The molecule has 0 amide bonds. The Kier molecular flexibility index (Phi) is 31.7. The van der Waals surface area contributed by atoms with Crippen LogP contribution >= 0.6 is 7.82 Å². The van der Waals surface area contributed by atoms with Crippen molar-refractivity contribution in [3.05, 3.63) is 12.2 Å². The summed E-state index contributed by atoms with van der Waals surface area (Å²) in [5.74, 6) is -1.23. The van der Waals surface area contributed by atoms with Crippen LogP contribution in [0.25, 0.3) is 0 Å². The first kappa shape index (κ1) is 59.5. The first-order chi connectivity index (χ1) is 31.2. The van der Waals surface area contributed by atoms with Crippen molar-refractivity contribution in [2.45, 2.75) is 248 Å². The second kappa shape index (κ2) is 34.6. The van der Waals surface area contributed by atoms with Crippen LogP contribution in [-0.2, 0) is 42.1 Å². The Morgan fingerprint density at radius 2 is 1.02 bits per heavy atom. The average Bonchev–Trinajstić information content (AvgIpc) is 3.28. The number of carbonyl (C=O) groups excluding carboxylic acids is 2. The second-order valence-corrected chi connectivity index (χ2v) is 19.1. The largest absolute Gasteiger partial charge is 0.472 e. The van der Waals surface area contributed by atoms with Gasteiger partial charge in [-0.2, -0.15) is 0 Å². The molecule has 0 bridgehead atoms. The highest BCUT2D eigenvalue weighted by Gasteiger charge is 2.55. The lowest BCUT2D eigenvalue weighted by molar-refractivity contribution is -0.338. The number of hydrogen-bond donors (Lipinski definition) is 9. The van der Waals surface area contributed by atoms with E-state index in [-0.39, 0.29) is 12.8 Å². The van der Waals surface area contributed by atoms with Crippen molar-refractivity contribution < 1.29 is 87.9 Å². The molecule has 9 N–H and O–H groups in total. The van der Waals surface area contributed by atoms with Gasteiger partial charge in [-0.1, -0.05) is 135 Å². The molecule has 0 aromatic carbocycles.